The van der Waals surface area contributed by atoms with Crippen LogP contribution < -0.4 is 5.32 Å². The summed E-state index contributed by atoms with van der Waals surface area (Å²) in [5.74, 6) is 0.944. The van der Waals surface area contributed by atoms with Gasteiger partial charge in [-0.05, 0) is 26.3 Å². The summed E-state index contributed by atoms with van der Waals surface area (Å²) in [5, 5.41) is 12.2. The van der Waals surface area contributed by atoms with Gasteiger partial charge in [0.25, 0.3) is 0 Å². The number of hydrogen-bond donors (Lipinski definition) is 1. The molecule has 0 aliphatic carbocycles. The fourth-order valence-electron chi connectivity index (χ4n) is 2.10. The van der Waals surface area contributed by atoms with Gasteiger partial charge in [-0.3, -0.25) is 9.36 Å². The lowest BCUT2D eigenvalue weighted by molar-refractivity contribution is 0.574. The van der Waals surface area contributed by atoms with Gasteiger partial charge < -0.3 is 5.32 Å². The molecule has 2 aromatic rings. The first-order valence-electron chi connectivity index (χ1n) is 6.37. The van der Waals surface area contributed by atoms with Crippen molar-refractivity contribution in [1.29, 1.82) is 0 Å². The van der Waals surface area contributed by atoms with E-state index >= 15 is 0 Å². The monoisotopic (exact) mass is 247 g/mol. The van der Waals surface area contributed by atoms with Gasteiger partial charge in [-0.1, -0.05) is 6.92 Å². The zero-order valence-corrected chi connectivity index (χ0v) is 11.6. The summed E-state index contributed by atoms with van der Waals surface area (Å²) in [5.41, 5.74) is 3.44. The summed E-state index contributed by atoms with van der Waals surface area (Å²) in [7, 11) is 1.93. The van der Waals surface area contributed by atoms with E-state index in [4.69, 9.17) is 0 Å². The van der Waals surface area contributed by atoms with Crippen LogP contribution in [0.15, 0.2) is 12.3 Å². The minimum atomic E-state index is 0.763. The number of anilines is 1. The summed E-state index contributed by atoms with van der Waals surface area (Å²) < 4.78 is 3.90. The zero-order chi connectivity index (χ0) is 13.1. The zero-order valence-electron chi connectivity index (χ0n) is 11.6. The van der Waals surface area contributed by atoms with Crippen molar-refractivity contribution in [2.24, 2.45) is 7.05 Å². The van der Waals surface area contributed by atoms with Crippen LogP contribution in [-0.2, 0) is 20.1 Å². The predicted molar refractivity (Wildman–Crippen MR) is 72.5 cm³/mol. The van der Waals surface area contributed by atoms with Crippen LogP contribution in [0.3, 0.4) is 0 Å². The molecule has 0 atom stereocenters. The van der Waals surface area contributed by atoms with E-state index in [1.165, 1.54) is 5.69 Å². The van der Waals surface area contributed by atoms with Crippen LogP contribution >= 0.6 is 0 Å². The Kier molecular flexibility index (Phi) is 3.69. The first-order chi connectivity index (χ1) is 8.60. The molecular formula is C13H21N5. The third-order valence-corrected chi connectivity index (χ3v) is 2.87. The molecule has 0 fully saturated rings. The Hall–Kier alpha value is -1.78. The molecule has 5 nitrogen and oxygen atoms in total. The van der Waals surface area contributed by atoms with Gasteiger partial charge in [0.2, 0.25) is 0 Å². The lowest BCUT2D eigenvalue weighted by atomic mass is 10.3. The second kappa shape index (κ2) is 5.25. The van der Waals surface area contributed by atoms with Crippen LogP contribution in [0.2, 0.25) is 0 Å². The lowest BCUT2D eigenvalue weighted by Gasteiger charge is -2.07. The van der Waals surface area contributed by atoms with Gasteiger partial charge in [-0.2, -0.15) is 10.2 Å². The first kappa shape index (κ1) is 12.7. The molecule has 0 amide bonds. The molecule has 0 aromatic carbocycles. The van der Waals surface area contributed by atoms with Crippen LogP contribution in [0.5, 0.6) is 0 Å². The Balaban J connectivity index is 2.07. The summed E-state index contributed by atoms with van der Waals surface area (Å²) in [6.07, 6.45) is 3.10. The molecule has 5 heteroatoms. The molecule has 0 radical (unpaired) electrons. The average molecular weight is 247 g/mol. The maximum absolute atomic E-state index is 4.49. The summed E-state index contributed by atoms with van der Waals surface area (Å²) in [4.78, 5) is 0. The summed E-state index contributed by atoms with van der Waals surface area (Å²) in [6.45, 7) is 7.98. The minimum Gasteiger partial charge on any atom is -0.363 e. The third kappa shape index (κ3) is 2.72. The standard InChI is InChI=1S/C13H21N5/c1-5-6-18-12(7-11(3)15-18)8-14-13-10(2)9-17(4)16-13/h7,9H,5-6,8H2,1-4H3,(H,14,16). The highest BCUT2D eigenvalue weighted by Gasteiger charge is 2.07. The smallest absolute Gasteiger partial charge is 0.151 e. The molecule has 2 aromatic heterocycles. The van der Waals surface area contributed by atoms with Crippen LogP contribution in [0.4, 0.5) is 5.82 Å². The van der Waals surface area contributed by atoms with Gasteiger partial charge in [0.15, 0.2) is 5.82 Å². The first-order valence-corrected chi connectivity index (χ1v) is 6.37. The van der Waals surface area contributed by atoms with Crippen molar-refractivity contribution in [2.45, 2.75) is 40.3 Å². The van der Waals surface area contributed by atoms with Gasteiger partial charge in [-0.25, -0.2) is 0 Å². The largest absolute Gasteiger partial charge is 0.363 e. The number of nitrogens with one attached hydrogen (secondary N) is 1. The minimum absolute atomic E-state index is 0.763. The quantitative estimate of drug-likeness (QED) is 0.881. The SMILES string of the molecule is CCCn1nc(C)cc1CNc1nn(C)cc1C. The lowest BCUT2D eigenvalue weighted by Crippen LogP contribution is -2.09. The average Bonchev–Trinajstić information content (AvgIpc) is 2.80. The van der Waals surface area contributed by atoms with Gasteiger partial charge in [0.05, 0.1) is 17.9 Å². The summed E-state index contributed by atoms with van der Waals surface area (Å²) >= 11 is 0. The van der Waals surface area contributed by atoms with Gasteiger partial charge >= 0.3 is 0 Å². The maximum atomic E-state index is 4.49. The van der Waals surface area contributed by atoms with Crippen molar-refractivity contribution in [3.63, 3.8) is 0 Å². The van der Waals surface area contributed by atoms with Crippen molar-refractivity contribution < 1.29 is 0 Å². The van der Waals surface area contributed by atoms with E-state index in [1.54, 1.807) is 0 Å². The number of aromatic nitrogens is 4. The van der Waals surface area contributed by atoms with Crippen molar-refractivity contribution in [3.8, 4) is 0 Å². The van der Waals surface area contributed by atoms with Crippen molar-refractivity contribution >= 4 is 5.82 Å². The van der Waals surface area contributed by atoms with Crippen molar-refractivity contribution in [1.82, 2.24) is 19.6 Å². The molecule has 18 heavy (non-hydrogen) atoms. The molecule has 0 spiro atoms. The second-order valence-corrected chi connectivity index (χ2v) is 4.69. The van der Waals surface area contributed by atoms with Gasteiger partial charge in [0, 0.05) is 25.4 Å². The highest BCUT2D eigenvalue weighted by Crippen LogP contribution is 2.13. The number of nitrogens with zero attached hydrogens (tertiary/aromatic N) is 4. The molecule has 0 aliphatic heterocycles. The molecule has 0 aliphatic rings. The number of hydrogen-bond acceptors (Lipinski definition) is 3. The Labute approximate surface area is 108 Å². The topological polar surface area (TPSA) is 47.7 Å². The molecular weight excluding hydrogens is 226 g/mol. The Bertz CT molecular complexity index is 523. The Morgan fingerprint density at radius 3 is 2.67 bits per heavy atom. The van der Waals surface area contributed by atoms with E-state index in [0.717, 1.165) is 36.6 Å². The van der Waals surface area contributed by atoms with E-state index < -0.39 is 0 Å². The van der Waals surface area contributed by atoms with Crippen LogP contribution in [0, 0.1) is 13.8 Å². The van der Waals surface area contributed by atoms with Crippen LogP contribution in [0.1, 0.15) is 30.3 Å². The van der Waals surface area contributed by atoms with Crippen molar-refractivity contribution in [3.05, 3.63) is 29.2 Å². The molecule has 1 N–H and O–H groups in total. The molecule has 2 rings (SSSR count). The number of aryl methyl sites for hydroxylation is 4. The van der Waals surface area contributed by atoms with Gasteiger partial charge in [-0.15, -0.1) is 0 Å². The van der Waals surface area contributed by atoms with E-state index in [-0.39, 0.29) is 0 Å². The number of rotatable bonds is 5. The van der Waals surface area contributed by atoms with Gasteiger partial charge in [0.1, 0.15) is 0 Å². The highest BCUT2D eigenvalue weighted by atomic mass is 15.3. The van der Waals surface area contributed by atoms with E-state index in [9.17, 15) is 0 Å². The summed E-state index contributed by atoms with van der Waals surface area (Å²) in [6, 6.07) is 2.13. The van der Waals surface area contributed by atoms with Crippen molar-refractivity contribution in [2.75, 3.05) is 5.32 Å². The van der Waals surface area contributed by atoms with E-state index in [0.29, 0.717) is 0 Å². The second-order valence-electron chi connectivity index (χ2n) is 4.69. The molecule has 0 saturated carbocycles. The van der Waals surface area contributed by atoms with Crippen LogP contribution in [0.25, 0.3) is 0 Å². The Morgan fingerprint density at radius 1 is 1.28 bits per heavy atom. The van der Waals surface area contributed by atoms with Crippen LogP contribution in [-0.4, -0.2) is 19.6 Å². The predicted octanol–water partition coefficient (Wildman–Crippen LogP) is 2.26. The molecule has 2 heterocycles. The third-order valence-electron chi connectivity index (χ3n) is 2.87. The molecule has 0 bridgehead atoms. The molecule has 98 valence electrons. The molecule has 0 saturated heterocycles. The maximum Gasteiger partial charge on any atom is 0.151 e. The fourth-order valence-corrected chi connectivity index (χ4v) is 2.10. The van der Waals surface area contributed by atoms with E-state index in [1.807, 2.05) is 24.9 Å². The highest BCUT2D eigenvalue weighted by molar-refractivity contribution is 5.42. The Morgan fingerprint density at radius 2 is 2.06 bits per heavy atom. The van der Waals surface area contributed by atoms with E-state index in [2.05, 4.69) is 40.1 Å². The fraction of sp³-hybridized carbons (Fsp3) is 0.538. The normalized spacial score (nSPS) is 10.9. The molecule has 0 unspecified atom stereocenters.